The second-order valence-corrected chi connectivity index (χ2v) is 4.88. The van der Waals surface area contributed by atoms with Gasteiger partial charge in [-0.2, -0.15) is 0 Å². The summed E-state index contributed by atoms with van der Waals surface area (Å²) in [7, 11) is 3.54. The molecule has 2 rings (SSSR count). The van der Waals surface area contributed by atoms with Crippen LogP contribution in [-0.2, 0) is 4.79 Å². The Bertz CT molecular complexity index is 442. The smallest absolute Gasteiger partial charge is 0.219 e. The van der Waals surface area contributed by atoms with Crippen LogP contribution in [0.5, 0.6) is 5.75 Å². The SMILES string of the molecule is COc1cccnc1N1CCC(N(C)C(C)=O)CC1. The number of anilines is 1. The number of carbonyl (C=O) groups excluding carboxylic acids is 1. The first-order chi connectivity index (χ1) is 9.13. The highest BCUT2D eigenvalue weighted by Gasteiger charge is 2.25. The molecule has 5 heteroatoms. The van der Waals surface area contributed by atoms with E-state index in [2.05, 4.69) is 9.88 Å². The molecule has 1 amide bonds. The van der Waals surface area contributed by atoms with Crippen LogP contribution in [0.4, 0.5) is 5.82 Å². The molecule has 1 fully saturated rings. The van der Waals surface area contributed by atoms with Gasteiger partial charge in [0.1, 0.15) is 0 Å². The minimum Gasteiger partial charge on any atom is -0.493 e. The Hall–Kier alpha value is -1.78. The van der Waals surface area contributed by atoms with Gasteiger partial charge < -0.3 is 14.5 Å². The molecule has 0 atom stereocenters. The lowest BCUT2D eigenvalue weighted by Crippen LogP contribution is -2.45. The maximum atomic E-state index is 11.4. The Balaban J connectivity index is 2.02. The van der Waals surface area contributed by atoms with E-state index in [1.165, 1.54) is 0 Å². The quantitative estimate of drug-likeness (QED) is 0.830. The number of amides is 1. The zero-order valence-electron chi connectivity index (χ0n) is 11.8. The first-order valence-electron chi connectivity index (χ1n) is 6.61. The van der Waals surface area contributed by atoms with E-state index in [1.54, 1.807) is 20.2 Å². The van der Waals surface area contributed by atoms with Crippen LogP contribution in [0.1, 0.15) is 19.8 Å². The molecule has 0 aromatic carbocycles. The van der Waals surface area contributed by atoms with Crippen molar-refractivity contribution in [3.05, 3.63) is 18.3 Å². The van der Waals surface area contributed by atoms with Crippen molar-refractivity contribution in [3.8, 4) is 5.75 Å². The topological polar surface area (TPSA) is 45.7 Å². The van der Waals surface area contributed by atoms with Gasteiger partial charge in [0.15, 0.2) is 11.6 Å². The van der Waals surface area contributed by atoms with Crippen molar-refractivity contribution in [2.75, 3.05) is 32.1 Å². The molecule has 0 radical (unpaired) electrons. The molecule has 0 saturated carbocycles. The number of rotatable bonds is 3. The van der Waals surface area contributed by atoms with E-state index in [-0.39, 0.29) is 5.91 Å². The molecule has 0 spiro atoms. The number of ether oxygens (including phenoxy) is 1. The lowest BCUT2D eigenvalue weighted by atomic mass is 10.0. The van der Waals surface area contributed by atoms with Gasteiger partial charge in [0, 0.05) is 39.3 Å². The minimum atomic E-state index is 0.133. The fourth-order valence-corrected chi connectivity index (χ4v) is 2.50. The summed E-state index contributed by atoms with van der Waals surface area (Å²) in [6.07, 6.45) is 3.72. The van der Waals surface area contributed by atoms with Crippen LogP contribution in [0.15, 0.2) is 18.3 Å². The summed E-state index contributed by atoms with van der Waals surface area (Å²) in [4.78, 5) is 19.8. The summed E-state index contributed by atoms with van der Waals surface area (Å²) >= 11 is 0. The molecule has 1 aliphatic rings. The van der Waals surface area contributed by atoms with Crippen LogP contribution in [-0.4, -0.2) is 49.1 Å². The molecule has 2 heterocycles. The van der Waals surface area contributed by atoms with Crippen molar-refractivity contribution < 1.29 is 9.53 Å². The fraction of sp³-hybridized carbons (Fsp3) is 0.571. The standard InChI is InChI=1S/C14H21N3O2/c1-11(18)16(2)12-6-9-17(10-7-12)14-13(19-3)5-4-8-15-14/h4-5,8,12H,6-7,9-10H2,1-3H3. The molecule has 0 bridgehead atoms. The second kappa shape index (κ2) is 5.91. The van der Waals surface area contributed by atoms with Crippen molar-refractivity contribution in [1.29, 1.82) is 0 Å². The number of hydrogen-bond donors (Lipinski definition) is 0. The van der Waals surface area contributed by atoms with E-state index >= 15 is 0 Å². The number of nitrogens with zero attached hydrogens (tertiary/aromatic N) is 3. The molecule has 1 saturated heterocycles. The van der Waals surface area contributed by atoms with Crippen molar-refractivity contribution >= 4 is 11.7 Å². The van der Waals surface area contributed by atoms with Crippen LogP contribution in [0.3, 0.4) is 0 Å². The molecule has 1 aromatic rings. The zero-order chi connectivity index (χ0) is 13.8. The Labute approximate surface area is 114 Å². The molecule has 0 unspecified atom stereocenters. The van der Waals surface area contributed by atoms with Crippen LogP contribution in [0.25, 0.3) is 0 Å². The van der Waals surface area contributed by atoms with Gasteiger partial charge in [-0.15, -0.1) is 0 Å². The average Bonchev–Trinajstić information content (AvgIpc) is 2.46. The first kappa shape index (κ1) is 13.6. The Morgan fingerprint density at radius 2 is 2.16 bits per heavy atom. The lowest BCUT2D eigenvalue weighted by Gasteiger charge is -2.37. The van der Waals surface area contributed by atoms with Gasteiger partial charge in [-0.05, 0) is 25.0 Å². The summed E-state index contributed by atoms with van der Waals surface area (Å²) < 4.78 is 5.34. The maximum Gasteiger partial charge on any atom is 0.219 e. The average molecular weight is 263 g/mol. The van der Waals surface area contributed by atoms with Crippen LogP contribution < -0.4 is 9.64 Å². The number of piperidine rings is 1. The first-order valence-corrected chi connectivity index (χ1v) is 6.61. The third-order valence-corrected chi connectivity index (χ3v) is 3.78. The second-order valence-electron chi connectivity index (χ2n) is 4.88. The van der Waals surface area contributed by atoms with Crippen molar-refractivity contribution in [3.63, 3.8) is 0 Å². The molecule has 0 aliphatic carbocycles. The van der Waals surface area contributed by atoms with E-state index in [9.17, 15) is 4.79 Å². The lowest BCUT2D eigenvalue weighted by molar-refractivity contribution is -0.129. The number of hydrogen-bond acceptors (Lipinski definition) is 4. The van der Waals surface area contributed by atoms with Gasteiger partial charge in [0.2, 0.25) is 5.91 Å². The molecule has 1 aliphatic heterocycles. The third-order valence-electron chi connectivity index (χ3n) is 3.78. The molecule has 5 nitrogen and oxygen atoms in total. The van der Waals surface area contributed by atoms with E-state index in [0.717, 1.165) is 37.5 Å². The summed E-state index contributed by atoms with van der Waals surface area (Å²) in [5.74, 6) is 1.84. The van der Waals surface area contributed by atoms with E-state index in [4.69, 9.17) is 4.74 Å². The highest BCUT2D eigenvalue weighted by atomic mass is 16.5. The van der Waals surface area contributed by atoms with Crippen molar-refractivity contribution in [2.45, 2.75) is 25.8 Å². The Kier molecular flexibility index (Phi) is 4.24. The van der Waals surface area contributed by atoms with Gasteiger partial charge in [0.05, 0.1) is 7.11 Å². The highest BCUT2D eigenvalue weighted by Crippen LogP contribution is 2.28. The molecule has 1 aromatic heterocycles. The molecule has 104 valence electrons. The van der Waals surface area contributed by atoms with Gasteiger partial charge in [-0.25, -0.2) is 4.98 Å². The maximum absolute atomic E-state index is 11.4. The summed E-state index contributed by atoms with van der Waals surface area (Å²) in [5.41, 5.74) is 0. The number of aromatic nitrogens is 1. The van der Waals surface area contributed by atoms with Gasteiger partial charge in [0.25, 0.3) is 0 Å². The number of carbonyl (C=O) groups is 1. The Morgan fingerprint density at radius 3 is 2.74 bits per heavy atom. The van der Waals surface area contributed by atoms with Crippen molar-refractivity contribution in [2.24, 2.45) is 0 Å². The van der Waals surface area contributed by atoms with Gasteiger partial charge in [-0.3, -0.25) is 4.79 Å². The summed E-state index contributed by atoms with van der Waals surface area (Å²) in [6.45, 7) is 3.42. The fourth-order valence-electron chi connectivity index (χ4n) is 2.50. The molecule has 19 heavy (non-hydrogen) atoms. The summed E-state index contributed by atoms with van der Waals surface area (Å²) in [6, 6.07) is 4.14. The monoisotopic (exact) mass is 263 g/mol. The molecular weight excluding hydrogens is 242 g/mol. The number of methoxy groups -OCH3 is 1. The normalized spacial score (nSPS) is 16.3. The molecular formula is C14H21N3O2. The third kappa shape index (κ3) is 2.97. The van der Waals surface area contributed by atoms with E-state index in [1.807, 2.05) is 24.1 Å². The van der Waals surface area contributed by atoms with E-state index < -0.39 is 0 Å². The predicted molar refractivity (Wildman–Crippen MR) is 74.5 cm³/mol. The number of pyridine rings is 1. The van der Waals surface area contributed by atoms with E-state index in [0.29, 0.717) is 6.04 Å². The van der Waals surface area contributed by atoms with Crippen molar-refractivity contribution in [1.82, 2.24) is 9.88 Å². The zero-order valence-corrected chi connectivity index (χ0v) is 11.8. The highest BCUT2D eigenvalue weighted by molar-refractivity contribution is 5.73. The largest absolute Gasteiger partial charge is 0.493 e. The van der Waals surface area contributed by atoms with Crippen LogP contribution >= 0.6 is 0 Å². The predicted octanol–water partition coefficient (Wildman–Crippen LogP) is 1.54. The minimum absolute atomic E-state index is 0.133. The van der Waals surface area contributed by atoms with Crippen LogP contribution in [0.2, 0.25) is 0 Å². The van der Waals surface area contributed by atoms with Gasteiger partial charge >= 0.3 is 0 Å². The van der Waals surface area contributed by atoms with Gasteiger partial charge in [-0.1, -0.05) is 0 Å². The van der Waals surface area contributed by atoms with Crippen LogP contribution in [0, 0.1) is 0 Å². The molecule has 0 N–H and O–H groups in total. The summed E-state index contributed by atoms with van der Waals surface area (Å²) in [5, 5.41) is 0. The Morgan fingerprint density at radius 1 is 1.47 bits per heavy atom.